The zero-order valence-electron chi connectivity index (χ0n) is 15.2. The van der Waals surface area contributed by atoms with Gasteiger partial charge in [0, 0.05) is 17.0 Å². The number of aromatic hydroxyl groups is 1. The van der Waals surface area contributed by atoms with Crippen molar-refractivity contribution in [3.63, 3.8) is 0 Å². The molecule has 0 aliphatic rings. The van der Waals surface area contributed by atoms with Gasteiger partial charge in [0.25, 0.3) is 11.6 Å². The lowest BCUT2D eigenvalue weighted by Crippen LogP contribution is -2.22. The first kappa shape index (κ1) is 19.7. The number of methoxy groups -OCH3 is 1. The number of amides is 1. The molecule has 10 heteroatoms. The average Bonchev–Trinajstić information content (AvgIpc) is 3.08. The van der Waals surface area contributed by atoms with Crippen LogP contribution in [0.25, 0.3) is 11.0 Å². The Morgan fingerprint density at radius 1 is 1.24 bits per heavy atom. The molecule has 0 aliphatic carbocycles. The molecule has 1 aromatic heterocycles. The van der Waals surface area contributed by atoms with Crippen molar-refractivity contribution in [2.45, 2.75) is 6.42 Å². The van der Waals surface area contributed by atoms with Crippen molar-refractivity contribution >= 4 is 34.2 Å². The molecule has 1 amide bonds. The highest BCUT2D eigenvalue weighted by Crippen LogP contribution is 2.29. The molecule has 0 saturated heterocycles. The van der Waals surface area contributed by atoms with Gasteiger partial charge in [0.2, 0.25) is 0 Å². The first-order chi connectivity index (χ1) is 13.9. The molecular weight excluding hydrogens is 384 g/mol. The molecule has 2 N–H and O–H groups in total. The third kappa shape index (κ3) is 4.61. The van der Waals surface area contributed by atoms with E-state index < -0.39 is 23.4 Å². The van der Waals surface area contributed by atoms with Crippen LogP contribution in [0, 0.1) is 10.1 Å². The quantitative estimate of drug-likeness (QED) is 0.350. The number of phenolic OH excluding ortho intramolecular Hbond substituents is 1. The van der Waals surface area contributed by atoms with Crippen LogP contribution >= 0.6 is 0 Å². The minimum Gasteiger partial charge on any atom is -0.508 e. The van der Waals surface area contributed by atoms with Crippen molar-refractivity contribution in [3.05, 3.63) is 58.3 Å². The summed E-state index contributed by atoms with van der Waals surface area (Å²) in [5.74, 6) is -1.11. The van der Waals surface area contributed by atoms with Gasteiger partial charge in [-0.05, 0) is 24.3 Å². The van der Waals surface area contributed by atoms with Crippen molar-refractivity contribution in [1.29, 1.82) is 0 Å². The van der Waals surface area contributed by atoms with E-state index in [1.807, 2.05) is 0 Å². The largest absolute Gasteiger partial charge is 0.508 e. The van der Waals surface area contributed by atoms with Gasteiger partial charge < -0.3 is 24.3 Å². The number of furan rings is 1. The van der Waals surface area contributed by atoms with E-state index in [-0.39, 0.29) is 29.3 Å². The van der Waals surface area contributed by atoms with Gasteiger partial charge in [0.15, 0.2) is 6.61 Å². The lowest BCUT2D eigenvalue weighted by molar-refractivity contribution is -0.384. The number of phenols is 1. The normalized spacial score (nSPS) is 10.5. The van der Waals surface area contributed by atoms with Gasteiger partial charge in [-0.15, -0.1) is 0 Å². The maximum absolute atomic E-state index is 12.0. The molecule has 2 aromatic carbocycles. The van der Waals surface area contributed by atoms with Crippen molar-refractivity contribution in [3.8, 4) is 11.5 Å². The number of nitro groups is 1. The molecule has 0 spiro atoms. The number of hydrogen-bond donors (Lipinski definition) is 2. The predicted molar refractivity (Wildman–Crippen MR) is 101 cm³/mol. The van der Waals surface area contributed by atoms with E-state index in [1.54, 1.807) is 6.07 Å². The van der Waals surface area contributed by atoms with E-state index in [4.69, 9.17) is 13.9 Å². The van der Waals surface area contributed by atoms with Gasteiger partial charge in [-0.2, -0.15) is 0 Å². The SMILES string of the molecule is COc1ccc(NC(=O)COC(=O)Cc2coc3cc(O)ccc23)c([N+](=O)[O-])c1. The van der Waals surface area contributed by atoms with Crippen LogP contribution in [0.5, 0.6) is 11.5 Å². The predicted octanol–water partition coefficient (Wildman–Crippen LogP) is 2.78. The van der Waals surface area contributed by atoms with Gasteiger partial charge in [-0.1, -0.05) is 0 Å². The molecule has 1 heterocycles. The Bertz CT molecular complexity index is 1090. The van der Waals surface area contributed by atoms with Crippen LogP contribution in [0.2, 0.25) is 0 Å². The highest BCUT2D eigenvalue weighted by Gasteiger charge is 2.18. The van der Waals surface area contributed by atoms with E-state index >= 15 is 0 Å². The minimum atomic E-state index is -0.728. The van der Waals surface area contributed by atoms with Crippen LogP contribution in [-0.2, 0) is 20.7 Å². The number of carbonyl (C=O) groups excluding carboxylic acids is 2. The number of ether oxygens (including phenoxy) is 2. The maximum Gasteiger partial charge on any atom is 0.310 e. The summed E-state index contributed by atoms with van der Waals surface area (Å²) in [5.41, 5.74) is 0.559. The standard InChI is InChI=1S/C19H16N2O8/c1-27-13-3-5-15(16(8-13)21(25)26)20-18(23)10-29-19(24)6-11-9-28-17-7-12(22)2-4-14(11)17/h2-5,7-9,22H,6,10H2,1H3,(H,20,23). The number of nitrogens with zero attached hydrogens (tertiary/aromatic N) is 1. The second-order valence-electron chi connectivity index (χ2n) is 5.97. The number of carbonyl (C=O) groups is 2. The molecule has 29 heavy (non-hydrogen) atoms. The lowest BCUT2D eigenvalue weighted by atomic mass is 10.1. The van der Waals surface area contributed by atoms with E-state index in [2.05, 4.69) is 5.32 Å². The zero-order valence-corrected chi connectivity index (χ0v) is 15.2. The summed E-state index contributed by atoms with van der Waals surface area (Å²) in [7, 11) is 1.36. The van der Waals surface area contributed by atoms with Gasteiger partial charge in [-0.25, -0.2) is 0 Å². The summed E-state index contributed by atoms with van der Waals surface area (Å²) < 4.78 is 15.1. The van der Waals surface area contributed by atoms with Crippen LogP contribution < -0.4 is 10.1 Å². The minimum absolute atomic E-state index is 0.0327. The molecule has 3 rings (SSSR count). The van der Waals surface area contributed by atoms with Crippen molar-refractivity contribution in [1.82, 2.24) is 0 Å². The number of esters is 1. The topological polar surface area (TPSA) is 141 Å². The number of fused-ring (bicyclic) bond motifs is 1. The van der Waals surface area contributed by atoms with Crippen LogP contribution in [0.1, 0.15) is 5.56 Å². The Balaban J connectivity index is 1.59. The molecule has 0 atom stereocenters. The molecule has 10 nitrogen and oxygen atoms in total. The first-order valence-corrected chi connectivity index (χ1v) is 8.34. The van der Waals surface area contributed by atoms with E-state index in [9.17, 15) is 24.8 Å². The van der Waals surface area contributed by atoms with E-state index in [1.165, 1.54) is 43.7 Å². The number of nitrogens with one attached hydrogen (secondary N) is 1. The molecule has 0 aliphatic heterocycles. The smallest absolute Gasteiger partial charge is 0.310 e. The van der Waals surface area contributed by atoms with Crippen molar-refractivity contribution < 1.29 is 33.5 Å². The summed E-state index contributed by atoms with van der Waals surface area (Å²) in [6.07, 6.45) is 1.22. The van der Waals surface area contributed by atoms with Crippen LogP contribution in [-0.4, -0.2) is 35.6 Å². The molecule has 0 fully saturated rings. The Labute approximate surface area is 163 Å². The summed E-state index contributed by atoms with van der Waals surface area (Å²) in [5, 5.41) is 23.5. The fraction of sp³-hybridized carbons (Fsp3) is 0.158. The number of hydrogen-bond acceptors (Lipinski definition) is 8. The van der Waals surface area contributed by atoms with Crippen LogP contribution in [0.15, 0.2) is 47.1 Å². The number of rotatable bonds is 7. The number of anilines is 1. The van der Waals surface area contributed by atoms with E-state index in [0.29, 0.717) is 16.5 Å². The first-order valence-electron chi connectivity index (χ1n) is 8.34. The monoisotopic (exact) mass is 400 g/mol. The van der Waals surface area contributed by atoms with Gasteiger partial charge >= 0.3 is 5.97 Å². The number of nitro benzene ring substituents is 1. The lowest BCUT2D eigenvalue weighted by Gasteiger charge is -2.08. The third-order valence-corrected chi connectivity index (χ3v) is 4.01. The average molecular weight is 400 g/mol. The molecule has 3 aromatic rings. The Morgan fingerprint density at radius 3 is 2.76 bits per heavy atom. The summed E-state index contributed by atoms with van der Waals surface area (Å²) in [4.78, 5) is 34.5. The van der Waals surface area contributed by atoms with Crippen LogP contribution in [0.3, 0.4) is 0 Å². The molecule has 150 valence electrons. The molecule has 0 saturated carbocycles. The summed E-state index contributed by atoms with van der Waals surface area (Å²) >= 11 is 0. The number of benzene rings is 2. The summed E-state index contributed by atoms with van der Waals surface area (Å²) in [6.45, 7) is -0.613. The molecule has 0 bridgehead atoms. The van der Waals surface area contributed by atoms with E-state index in [0.717, 1.165) is 0 Å². The van der Waals surface area contributed by atoms with Gasteiger partial charge in [0.1, 0.15) is 22.8 Å². The van der Waals surface area contributed by atoms with Gasteiger partial charge in [-0.3, -0.25) is 19.7 Å². The van der Waals surface area contributed by atoms with Crippen molar-refractivity contribution in [2.75, 3.05) is 19.0 Å². The zero-order chi connectivity index (χ0) is 21.0. The summed E-state index contributed by atoms with van der Waals surface area (Å²) in [6, 6.07) is 8.43. The Morgan fingerprint density at radius 2 is 2.03 bits per heavy atom. The third-order valence-electron chi connectivity index (χ3n) is 4.01. The van der Waals surface area contributed by atoms with Gasteiger partial charge in [0.05, 0.1) is 30.8 Å². The fourth-order valence-electron chi connectivity index (χ4n) is 2.64. The maximum atomic E-state index is 12.0. The second-order valence-corrected chi connectivity index (χ2v) is 5.97. The highest BCUT2D eigenvalue weighted by atomic mass is 16.6. The van der Waals surface area contributed by atoms with Crippen molar-refractivity contribution in [2.24, 2.45) is 0 Å². The molecular formula is C19H16N2O8. The molecule has 0 radical (unpaired) electrons. The van der Waals surface area contributed by atoms with Crippen LogP contribution in [0.4, 0.5) is 11.4 Å². The highest BCUT2D eigenvalue weighted by molar-refractivity contribution is 5.95. The fourth-order valence-corrected chi connectivity index (χ4v) is 2.64. The Hall–Kier alpha value is -4.08. The Kier molecular flexibility index (Phi) is 5.63. The second kappa shape index (κ2) is 8.30. The molecule has 0 unspecified atom stereocenters.